The normalized spacial score (nSPS) is 17.2. The molecule has 1 aliphatic rings. The Morgan fingerprint density at radius 2 is 2.00 bits per heavy atom. The molecule has 2 heterocycles. The summed E-state index contributed by atoms with van der Waals surface area (Å²) in [6.07, 6.45) is 1.80. The highest BCUT2D eigenvalue weighted by Crippen LogP contribution is 2.35. The molecule has 5 nitrogen and oxygen atoms in total. The molecule has 0 saturated carbocycles. The third kappa shape index (κ3) is 3.59. The van der Waals surface area contributed by atoms with Gasteiger partial charge >= 0.3 is 0 Å². The first-order valence-corrected chi connectivity index (χ1v) is 9.28. The molecule has 2 aromatic rings. The fourth-order valence-electron chi connectivity index (χ4n) is 2.64. The maximum absolute atomic E-state index is 12.6. The molecule has 0 N–H and O–H groups in total. The van der Waals surface area contributed by atoms with Crippen LogP contribution in [0.5, 0.6) is 0 Å². The highest BCUT2D eigenvalue weighted by molar-refractivity contribution is 8.26. The Balaban J connectivity index is 1.85. The monoisotopic (exact) mass is 386 g/mol. The molecule has 1 aromatic heterocycles. The summed E-state index contributed by atoms with van der Waals surface area (Å²) in [5.41, 5.74) is 2.09. The van der Waals surface area contributed by atoms with Crippen molar-refractivity contribution in [3.63, 3.8) is 0 Å². The van der Waals surface area contributed by atoms with Gasteiger partial charge < -0.3 is 14.3 Å². The molecular weight excluding hydrogens is 370 g/mol. The van der Waals surface area contributed by atoms with Crippen LogP contribution in [-0.4, -0.2) is 27.1 Å². The number of carbonyl (C=O) groups excluding carboxylic acids is 2. The summed E-state index contributed by atoms with van der Waals surface area (Å²) in [6.45, 7) is 3.68. The lowest BCUT2D eigenvalue weighted by atomic mass is 10.1. The first kappa shape index (κ1) is 18.4. The van der Waals surface area contributed by atoms with E-state index in [1.807, 2.05) is 37.3 Å². The highest BCUT2D eigenvalue weighted by atomic mass is 32.2. The van der Waals surface area contributed by atoms with Crippen molar-refractivity contribution in [1.29, 1.82) is 0 Å². The van der Waals surface area contributed by atoms with E-state index in [0.29, 0.717) is 16.4 Å². The predicted octanol–water partition coefficient (Wildman–Crippen LogP) is 2.98. The van der Waals surface area contributed by atoms with Crippen LogP contribution < -0.4 is 5.11 Å². The first-order valence-electron chi connectivity index (χ1n) is 8.05. The Bertz CT molecular complexity index is 899. The zero-order valence-corrected chi connectivity index (χ0v) is 15.9. The minimum absolute atomic E-state index is 0.211. The van der Waals surface area contributed by atoms with Crippen LogP contribution >= 0.6 is 24.0 Å². The lowest BCUT2D eigenvalue weighted by Crippen LogP contribution is -2.49. The molecule has 0 aliphatic carbocycles. The Hall–Kier alpha value is -2.38. The van der Waals surface area contributed by atoms with Crippen LogP contribution in [-0.2, 0) is 9.59 Å². The van der Waals surface area contributed by atoms with Crippen molar-refractivity contribution < 1.29 is 19.1 Å². The summed E-state index contributed by atoms with van der Waals surface area (Å²) >= 11 is 6.23. The van der Waals surface area contributed by atoms with Gasteiger partial charge in [0.15, 0.2) is 0 Å². The molecule has 1 amide bonds. The fraction of sp³-hybridized carbons (Fsp3) is 0.211. The molecule has 1 aromatic carbocycles. The van der Waals surface area contributed by atoms with Crippen LogP contribution in [0.25, 0.3) is 17.4 Å². The molecule has 1 aliphatic heterocycles. The van der Waals surface area contributed by atoms with E-state index in [0.717, 1.165) is 27.8 Å². The topological polar surface area (TPSA) is 73.6 Å². The number of thiocarbonyl (C=S) groups is 1. The number of amides is 1. The van der Waals surface area contributed by atoms with Crippen molar-refractivity contribution in [2.24, 2.45) is 0 Å². The summed E-state index contributed by atoms with van der Waals surface area (Å²) < 4.78 is 6.00. The molecule has 0 spiro atoms. The number of benzene rings is 1. The van der Waals surface area contributed by atoms with Crippen molar-refractivity contribution in [3.8, 4) is 11.3 Å². The largest absolute Gasteiger partial charge is 0.548 e. The second kappa shape index (κ2) is 7.47. The maximum atomic E-state index is 12.6. The van der Waals surface area contributed by atoms with Gasteiger partial charge in [0.2, 0.25) is 0 Å². The third-order valence-corrected chi connectivity index (χ3v) is 5.36. The van der Waals surface area contributed by atoms with Crippen LogP contribution in [0.1, 0.15) is 24.7 Å². The molecule has 134 valence electrons. The van der Waals surface area contributed by atoms with Gasteiger partial charge in [-0.3, -0.25) is 9.69 Å². The molecular formula is C19H16NO4S2-. The molecule has 7 heteroatoms. The number of carbonyl (C=O) groups is 2. The Labute approximate surface area is 160 Å². The zero-order chi connectivity index (χ0) is 18.8. The summed E-state index contributed by atoms with van der Waals surface area (Å²) in [6, 6.07) is 10.4. The standard InChI is InChI=1S/C19H17NO4S2/c1-3-14(18(22)23)20-17(21)16(26-19(20)25)10-13-8-9-15(24-13)12-6-4-11(2)5-7-12/h4-10,14H,3H2,1-2H3,(H,22,23)/p-1/b16-10+/t14-/m1/s1. The van der Waals surface area contributed by atoms with E-state index in [4.69, 9.17) is 16.6 Å². The first-order chi connectivity index (χ1) is 12.4. The average molecular weight is 386 g/mol. The number of rotatable bonds is 5. The Morgan fingerprint density at radius 1 is 1.31 bits per heavy atom. The number of furan rings is 1. The molecule has 1 fully saturated rings. The average Bonchev–Trinajstić information content (AvgIpc) is 3.16. The Morgan fingerprint density at radius 3 is 2.62 bits per heavy atom. The van der Waals surface area contributed by atoms with Crippen molar-refractivity contribution in [3.05, 3.63) is 52.6 Å². The van der Waals surface area contributed by atoms with E-state index < -0.39 is 17.9 Å². The summed E-state index contributed by atoms with van der Waals surface area (Å²) in [5, 5.41) is 11.2. The number of aliphatic carboxylic acids is 1. The van der Waals surface area contributed by atoms with Gasteiger partial charge in [-0.25, -0.2) is 0 Å². The van der Waals surface area contributed by atoms with Crippen LogP contribution in [0.4, 0.5) is 0 Å². The molecule has 1 saturated heterocycles. The Kier molecular flexibility index (Phi) is 5.29. The molecule has 3 rings (SSSR count). The maximum Gasteiger partial charge on any atom is 0.266 e. The third-order valence-electron chi connectivity index (χ3n) is 4.03. The fourth-order valence-corrected chi connectivity index (χ4v) is 3.97. The molecule has 0 radical (unpaired) electrons. The van der Waals surface area contributed by atoms with Crippen LogP contribution in [0.2, 0.25) is 0 Å². The predicted molar refractivity (Wildman–Crippen MR) is 103 cm³/mol. The van der Waals surface area contributed by atoms with Crippen molar-refractivity contribution in [2.75, 3.05) is 0 Å². The van der Waals surface area contributed by atoms with Crippen LogP contribution in [0, 0.1) is 6.92 Å². The van der Waals surface area contributed by atoms with Crippen LogP contribution in [0.15, 0.2) is 45.7 Å². The minimum Gasteiger partial charge on any atom is -0.548 e. The second-order valence-electron chi connectivity index (χ2n) is 5.86. The van der Waals surface area contributed by atoms with E-state index in [9.17, 15) is 14.7 Å². The number of aryl methyl sites for hydroxylation is 1. The summed E-state index contributed by atoms with van der Waals surface area (Å²) in [4.78, 5) is 25.2. The number of thioether (sulfide) groups is 1. The van der Waals surface area contributed by atoms with E-state index in [1.165, 1.54) is 0 Å². The van der Waals surface area contributed by atoms with E-state index in [-0.39, 0.29) is 10.7 Å². The number of carboxylic acids is 1. The van der Waals surface area contributed by atoms with Crippen LogP contribution in [0.3, 0.4) is 0 Å². The van der Waals surface area contributed by atoms with Gasteiger partial charge in [-0.05, 0) is 25.5 Å². The van der Waals surface area contributed by atoms with Gasteiger partial charge in [-0.1, -0.05) is 60.7 Å². The van der Waals surface area contributed by atoms with Gasteiger partial charge in [-0.15, -0.1) is 0 Å². The summed E-state index contributed by atoms with van der Waals surface area (Å²) in [7, 11) is 0. The van der Waals surface area contributed by atoms with E-state index >= 15 is 0 Å². The lowest BCUT2D eigenvalue weighted by molar-refractivity contribution is -0.310. The lowest BCUT2D eigenvalue weighted by Gasteiger charge is -2.26. The molecule has 0 unspecified atom stereocenters. The number of hydrogen-bond donors (Lipinski definition) is 0. The highest BCUT2D eigenvalue weighted by Gasteiger charge is 2.37. The molecule has 1 atom stereocenters. The van der Waals surface area contributed by atoms with Gasteiger partial charge in [-0.2, -0.15) is 0 Å². The number of hydrogen-bond acceptors (Lipinski definition) is 6. The van der Waals surface area contributed by atoms with Crippen molar-refractivity contribution >= 4 is 46.3 Å². The SMILES string of the molecule is CC[C@H](C(=O)[O-])N1C(=O)/C(=C\c2ccc(-c3ccc(C)cc3)o2)SC1=S. The van der Waals surface area contributed by atoms with E-state index in [2.05, 4.69) is 0 Å². The number of nitrogens with zero attached hydrogens (tertiary/aromatic N) is 1. The quantitative estimate of drug-likeness (QED) is 0.581. The smallest absolute Gasteiger partial charge is 0.266 e. The van der Waals surface area contributed by atoms with Gasteiger partial charge in [0.25, 0.3) is 5.91 Å². The molecule has 0 bridgehead atoms. The minimum atomic E-state index is -1.32. The van der Waals surface area contributed by atoms with E-state index in [1.54, 1.807) is 19.1 Å². The zero-order valence-electron chi connectivity index (χ0n) is 14.2. The van der Waals surface area contributed by atoms with Crippen molar-refractivity contribution in [1.82, 2.24) is 4.90 Å². The van der Waals surface area contributed by atoms with Crippen molar-refractivity contribution in [2.45, 2.75) is 26.3 Å². The van der Waals surface area contributed by atoms with Gasteiger partial charge in [0.05, 0.1) is 16.9 Å². The number of carboxylic acid groups (broad SMARTS) is 1. The summed E-state index contributed by atoms with van der Waals surface area (Å²) in [5.74, 6) is -0.565. The second-order valence-corrected chi connectivity index (χ2v) is 7.54. The van der Waals surface area contributed by atoms with Gasteiger partial charge in [0.1, 0.15) is 15.8 Å². The molecule has 26 heavy (non-hydrogen) atoms. The van der Waals surface area contributed by atoms with Gasteiger partial charge in [0, 0.05) is 11.6 Å².